The van der Waals surface area contributed by atoms with Crippen LogP contribution in [-0.2, 0) is 0 Å². The second kappa shape index (κ2) is 3.47. The van der Waals surface area contributed by atoms with Gasteiger partial charge < -0.3 is 10.3 Å². The van der Waals surface area contributed by atoms with Crippen LogP contribution in [-0.4, -0.2) is 10.1 Å². The first-order valence-corrected chi connectivity index (χ1v) is 4.78. The summed E-state index contributed by atoms with van der Waals surface area (Å²) < 4.78 is 0.810. The lowest BCUT2D eigenvalue weighted by atomic mass is 10.2. The average molecular weight is 204 g/mol. The van der Waals surface area contributed by atoms with Crippen LogP contribution in [0.5, 0.6) is 0 Å². The van der Waals surface area contributed by atoms with Crippen molar-refractivity contribution >= 4 is 11.0 Å². The number of para-hydroxylation sites is 2. The van der Waals surface area contributed by atoms with E-state index in [2.05, 4.69) is 4.98 Å². The van der Waals surface area contributed by atoms with E-state index in [1.807, 2.05) is 6.07 Å². The van der Waals surface area contributed by atoms with Crippen molar-refractivity contribution < 1.29 is 9.84 Å². The number of aliphatic hydroxyl groups excluding tert-OH is 1. The Morgan fingerprint density at radius 2 is 2.07 bits per heavy atom. The van der Waals surface area contributed by atoms with Crippen LogP contribution >= 0.6 is 0 Å². The molecule has 0 saturated carbocycles. The fraction of sp³-hybridized carbons (Fsp3) is 0.273. The molecule has 15 heavy (non-hydrogen) atoms. The molecule has 1 aromatic carbocycles. The largest absolute Gasteiger partial charge is 0.618 e. The monoisotopic (exact) mass is 204 g/mol. The predicted molar refractivity (Wildman–Crippen MR) is 56.1 cm³/mol. The van der Waals surface area contributed by atoms with Crippen LogP contribution in [0.4, 0.5) is 0 Å². The molecule has 0 aliphatic carbocycles. The van der Waals surface area contributed by atoms with Crippen LogP contribution in [0.3, 0.4) is 0 Å². The third-order valence-corrected chi connectivity index (χ3v) is 2.41. The molecule has 78 valence electrons. The minimum Gasteiger partial charge on any atom is -0.618 e. The fourth-order valence-corrected chi connectivity index (χ4v) is 1.62. The molecule has 1 atom stereocenters. The number of aromatic nitrogens is 2. The van der Waals surface area contributed by atoms with Gasteiger partial charge in [0.15, 0.2) is 0 Å². The molecule has 0 fully saturated rings. The van der Waals surface area contributed by atoms with Crippen molar-refractivity contribution in [2.24, 2.45) is 0 Å². The molecular formula is C11H12N2O2. The number of aliphatic hydroxyl groups is 1. The smallest absolute Gasteiger partial charge is 0.242 e. The van der Waals surface area contributed by atoms with Crippen LogP contribution in [0.25, 0.3) is 11.0 Å². The van der Waals surface area contributed by atoms with Crippen LogP contribution < -0.4 is 4.73 Å². The number of hydrogen-bond acceptors (Lipinski definition) is 3. The van der Waals surface area contributed by atoms with Gasteiger partial charge in [0, 0.05) is 13.0 Å². The van der Waals surface area contributed by atoms with Gasteiger partial charge in [0.25, 0.3) is 0 Å². The molecule has 0 spiro atoms. The highest BCUT2D eigenvalue weighted by molar-refractivity contribution is 5.70. The standard InChI is InChI=1S/C11H12N2O2/c1-7-11(8(2)14)12-9-5-3-4-6-10(9)13(7)15/h3-6,8,14H,1-2H3. The van der Waals surface area contributed by atoms with Gasteiger partial charge in [0.2, 0.25) is 11.2 Å². The number of rotatable bonds is 1. The molecule has 0 aliphatic rings. The molecule has 1 unspecified atom stereocenters. The third kappa shape index (κ3) is 1.53. The number of nitrogens with zero attached hydrogens (tertiary/aromatic N) is 2. The lowest BCUT2D eigenvalue weighted by Crippen LogP contribution is -2.33. The molecular weight excluding hydrogens is 192 g/mol. The van der Waals surface area contributed by atoms with Gasteiger partial charge in [-0.2, -0.15) is 4.73 Å². The Hall–Kier alpha value is -1.68. The normalized spacial score (nSPS) is 13.0. The summed E-state index contributed by atoms with van der Waals surface area (Å²) in [6, 6.07) is 7.08. The van der Waals surface area contributed by atoms with Crippen molar-refractivity contribution in [1.82, 2.24) is 4.98 Å². The summed E-state index contributed by atoms with van der Waals surface area (Å²) in [6.07, 6.45) is -0.727. The number of hydrogen-bond donors (Lipinski definition) is 1. The fourth-order valence-electron chi connectivity index (χ4n) is 1.62. The Kier molecular flexibility index (Phi) is 2.28. The molecule has 0 aliphatic heterocycles. The van der Waals surface area contributed by atoms with Crippen LogP contribution in [0, 0.1) is 12.1 Å². The summed E-state index contributed by atoms with van der Waals surface area (Å²) in [5, 5.41) is 21.3. The Balaban J connectivity index is 2.82. The Labute approximate surface area is 87.4 Å². The molecule has 1 N–H and O–H groups in total. The Bertz CT molecular complexity index is 509. The highest BCUT2D eigenvalue weighted by Crippen LogP contribution is 2.15. The quantitative estimate of drug-likeness (QED) is 0.561. The van der Waals surface area contributed by atoms with Gasteiger partial charge in [-0.05, 0) is 13.0 Å². The topological polar surface area (TPSA) is 60.1 Å². The first-order chi connectivity index (χ1) is 7.11. The molecule has 0 saturated heterocycles. The van der Waals surface area contributed by atoms with Crippen molar-refractivity contribution in [2.45, 2.75) is 20.0 Å². The summed E-state index contributed by atoms with van der Waals surface area (Å²) in [5.41, 5.74) is 2.01. The third-order valence-electron chi connectivity index (χ3n) is 2.41. The molecule has 2 aromatic rings. The minimum atomic E-state index is -0.727. The zero-order chi connectivity index (χ0) is 11.0. The van der Waals surface area contributed by atoms with Gasteiger partial charge in [-0.1, -0.05) is 12.1 Å². The SMILES string of the molecule is Cc1c(C(C)O)nc2ccccc2[n+]1[O-]. The van der Waals surface area contributed by atoms with Gasteiger partial charge >= 0.3 is 0 Å². The lowest BCUT2D eigenvalue weighted by Gasteiger charge is -2.10. The van der Waals surface area contributed by atoms with Crippen molar-refractivity contribution in [2.75, 3.05) is 0 Å². The van der Waals surface area contributed by atoms with E-state index in [0.717, 1.165) is 4.73 Å². The molecule has 1 aromatic heterocycles. The van der Waals surface area contributed by atoms with E-state index in [4.69, 9.17) is 0 Å². The van der Waals surface area contributed by atoms with Crippen LogP contribution in [0.2, 0.25) is 0 Å². The highest BCUT2D eigenvalue weighted by atomic mass is 16.5. The average Bonchev–Trinajstić information content (AvgIpc) is 2.23. The summed E-state index contributed by atoms with van der Waals surface area (Å²) >= 11 is 0. The summed E-state index contributed by atoms with van der Waals surface area (Å²) in [5.74, 6) is 0. The highest BCUT2D eigenvalue weighted by Gasteiger charge is 2.17. The molecule has 2 rings (SSSR count). The summed E-state index contributed by atoms with van der Waals surface area (Å²) in [6.45, 7) is 3.26. The number of benzene rings is 1. The molecule has 1 heterocycles. The van der Waals surface area contributed by atoms with Gasteiger partial charge in [0.1, 0.15) is 11.2 Å². The van der Waals surface area contributed by atoms with Gasteiger partial charge in [0.05, 0.1) is 6.10 Å². The predicted octanol–water partition coefficient (Wildman–Crippen LogP) is 1.23. The van der Waals surface area contributed by atoms with Gasteiger partial charge in [-0.3, -0.25) is 0 Å². The summed E-state index contributed by atoms with van der Waals surface area (Å²) in [7, 11) is 0. The molecule has 0 bridgehead atoms. The van der Waals surface area contributed by atoms with Crippen LogP contribution in [0.1, 0.15) is 24.4 Å². The van der Waals surface area contributed by atoms with E-state index >= 15 is 0 Å². The second-order valence-electron chi connectivity index (χ2n) is 3.54. The van der Waals surface area contributed by atoms with E-state index in [1.165, 1.54) is 0 Å². The first-order valence-electron chi connectivity index (χ1n) is 4.78. The van der Waals surface area contributed by atoms with Gasteiger partial charge in [-0.15, -0.1) is 0 Å². The second-order valence-corrected chi connectivity index (χ2v) is 3.54. The van der Waals surface area contributed by atoms with Gasteiger partial charge in [-0.25, -0.2) is 4.98 Å². The van der Waals surface area contributed by atoms with Crippen LogP contribution in [0.15, 0.2) is 24.3 Å². The maximum atomic E-state index is 11.8. The van der Waals surface area contributed by atoms with E-state index in [9.17, 15) is 10.3 Å². The van der Waals surface area contributed by atoms with E-state index < -0.39 is 6.10 Å². The molecule has 4 heteroatoms. The Morgan fingerprint density at radius 1 is 1.40 bits per heavy atom. The first kappa shape index (κ1) is 9.86. The molecule has 0 amide bonds. The van der Waals surface area contributed by atoms with Crippen molar-refractivity contribution in [3.63, 3.8) is 0 Å². The van der Waals surface area contributed by atoms with E-state index in [-0.39, 0.29) is 0 Å². The maximum absolute atomic E-state index is 11.8. The number of fused-ring (bicyclic) bond motifs is 1. The van der Waals surface area contributed by atoms with E-state index in [0.29, 0.717) is 22.4 Å². The zero-order valence-electron chi connectivity index (χ0n) is 8.64. The molecule has 0 radical (unpaired) electrons. The Morgan fingerprint density at radius 3 is 2.73 bits per heavy atom. The van der Waals surface area contributed by atoms with Crippen molar-refractivity contribution in [3.8, 4) is 0 Å². The van der Waals surface area contributed by atoms with Crippen molar-refractivity contribution in [1.29, 1.82) is 0 Å². The lowest BCUT2D eigenvalue weighted by molar-refractivity contribution is -0.585. The van der Waals surface area contributed by atoms with Crippen molar-refractivity contribution in [3.05, 3.63) is 40.9 Å². The maximum Gasteiger partial charge on any atom is 0.242 e. The van der Waals surface area contributed by atoms with E-state index in [1.54, 1.807) is 32.0 Å². The minimum absolute atomic E-state index is 0.434. The zero-order valence-corrected chi connectivity index (χ0v) is 8.64. The summed E-state index contributed by atoms with van der Waals surface area (Å²) in [4.78, 5) is 4.26. The molecule has 4 nitrogen and oxygen atoms in total.